The van der Waals surface area contributed by atoms with Crippen molar-refractivity contribution in [2.75, 3.05) is 5.01 Å². The molecule has 0 aliphatic carbocycles. The Kier molecular flexibility index (Phi) is 4.29. The van der Waals surface area contributed by atoms with E-state index in [2.05, 4.69) is 5.10 Å². The lowest BCUT2D eigenvalue weighted by atomic mass is 10.1. The fourth-order valence-corrected chi connectivity index (χ4v) is 2.63. The zero-order valence-corrected chi connectivity index (χ0v) is 13.9. The number of rotatable bonds is 3. The maximum Gasteiger partial charge on any atom is 0.337 e. The third-order valence-electron chi connectivity index (χ3n) is 3.72. The van der Waals surface area contributed by atoms with Gasteiger partial charge in [0.1, 0.15) is 5.75 Å². The number of anilines is 1. The molecule has 126 valence electrons. The van der Waals surface area contributed by atoms with Crippen LogP contribution in [0.2, 0.25) is 5.02 Å². The first-order valence-corrected chi connectivity index (χ1v) is 7.69. The van der Waals surface area contributed by atoms with E-state index in [4.69, 9.17) is 16.7 Å². The van der Waals surface area contributed by atoms with Gasteiger partial charge in [-0.3, -0.25) is 4.79 Å². The minimum absolute atomic E-state index is 0.0497. The SMILES string of the molecule is CC1=NN(c2ccc(Cl)c(C(=O)O)c2)C(=O)C1=Cc1ccccc1O. The minimum atomic E-state index is -1.19. The summed E-state index contributed by atoms with van der Waals surface area (Å²) in [5, 5.41) is 24.4. The van der Waals surface area contributed by atoms with Crippen molar-refractivity contribution in [3.05, 3.63) is 64.2 Å². The number of nitrogens with zero attached hydrogens (tertiary/aromatic N) is 2. The van der Waals surface area contributed by atoms with Crippen LogP contribution in [-0.4, -0.2) is 27.8 Å². The number of phenols is 1. The van der Waals surface area contributed by atoms with Gasteiger partial charge < -0.3 is 10.2 Å². The number of halogens is 1. The van der Waals surface area contributed by atoms with Crippen molar-refractivity contribution in [3.63, 3.8) is 0 Å². The van der Waals surface area contributed by atoms with Crippen molar-refractivity contribution in [3.8, 4) is 5.75 Å². The van der Waals surface area contributed by atoms with Gasteiger partial charge in [0.2, 0.25) is 0 Å². The number of aromatic carboxylic acids is 1. The van der Waals surface area contributed by atoms with Gasteiger partial charge >= 0.3 is 5.97 Å². The fraction of sp³-hybridized carbons (Fsp3) is 0.0556. The van der Waals surface area contributed by atoms with Crippen LogP contribution in [0.4, 0.5) is 5.69 Å². The zero-order valence-electron chi connectivity index (χ0n) is 13.1. The third-order valence-corrected chi connectivity index (χ3v) is 4.05. The van der Waals surface area contributed by atoms with E-state index in [1.54, 1.807) is 31.2 Å². The van der Waals surface area contributed by atoms with Crippen molar-refractivity contribution in [2.45, 2.75) is 6.92 Å². The molecule has 25 heavy (non-hydrogen) atoms. The second-order valence-electron chi connectivity index (χ2n) is 5.39. The summed E-state index contributed by atoms with van der Waals surface area (Å²) < 4.78 is 0. The molecule has 0 saturated heterocycles. The first kappa shape index (κ1) is 16.7. The molecule has 0 saturated carbocycles. The number of aromatic hydroxyl groups is 1. The Morgan fingerprint density at radius 1 is 1.24 bits per heavy atom. The van der Waals surface area contributed by atoms with Crippen LogP contribution in [0.1, 0.15) is 22.8 Å². The van der Waals surface area contributed by atoms with Crippen LogP contribution in [0.3, 0.4) is 0 Å². The number of hydrogen-bond acceptors (Lipinski definition) is 4. The molecule has 1 aliphatic rings. The normalized spacial score (nSPS) is 15.6. The summed E-state index contributed by atoms with van der Waals surface area (Å²) in [4.78, 5) is 23.9. The Morgan fingerprint density at radius 3 is 2.64 bits per heavy atom. The smallest absolute Gasteiger partial charge is 0.337 e. The monoisotopic (exact) mass is 356 g/mol. The van der Waals surface area contributed by atoms with Gasteiger partial charge in [-0.1, -0.05) is 29.8 Å². The molecule has 1 heterocycles. The molecule has 2 aromatic rings. The van der Waals surface area contributed by atoms with E-state index in [1.165, 1.54) is 24.3 Å². The van der Waals surface area contributed by atoms with E-state index >= 15 is 0 Å². The predicted molar refractivity (Wildman–Crippen MR) is 95.1 cm³/mol. The highest BCUT2D eigenvalue weighted by molar-refractivity contribution is 6.34. The molecule has 2 aromatic carbocycles. The number of carbonyl (C=O) groups is 2. The quantitative estimate of drug-likeness (QED) is 0.823. The average Bonchev–Trinajstić information content (AvgIpc) is 2.85. The summed E-state index contributed by atoms with van der Waals surface area (Å²) in [5.41, 5.74) is 1.45. The van der Waals surface area contributed by atoms with Gasteiger partial charge in [-0.2, -0.15) is 10.1 Å². The highest BCUT2D eigenvalue weighted by Gasteiger charge is 2.29. The number of benzene rings is 2. The van der Waals surface area contributed by atoms with E-state index in [0.29, 0.717) is 22.5 Å². The topological polar surface area (TPSA) is 90.2 Å². The number of hydrogen-bond donors (Lipinski definition) is 2. The van der Waals surface area contributed by atoms with Crippen LogP contribution in [0, 0.1) is 0 Å². The molecule has 0 spiro atoms. The summed E-state index contributed by atoms with van der Waals surface area (Å²) in [6.07, 6.45) is 1.55. The number of phenolic OH excluding ortho intramolecular Hbond substituents is 1. The lowest BCUT2D eigenvalue weighted by Crippen LogP contribution is -2.21. The molecule has 0 unspecified atom stereocenters. The van der Waals surface area contributed by atoms with Crippen LogP contribution < -0.4 is 5.01 Å². The average molecular weight is 357 g/mol. The van der Waals surface area contributed by atoms with Gasteiger partial charge in [0.05, 0.1) is 27.6 Å². The largest absolute Gasteiger partial charge is 0.507 e. The molecule has 0 fully saturated rings. The molecule has 6 nitrogen and oxygen atoms in total. The zero-order chi connectivity index (χ0) is 18.1. The van der Waals surface area contributed by atoms with E-state index in [0.717, 1.165) is 5.01 Å². The van der Waals surface area contributed by atoms with Crippen LogP contribution in [0.15, 0.2) is 53.1 Å². The van der Waals surface area contributed by atoms with E-state index < -0.39 is 11.9 Å². The summed E-state index contributed by atoms with van der Waals surface area (Å²) in [5.74, 6) is -1.56. The van der Waals surface area contributed by atoms with Crippen molar-refractivity contribution in [1.82, 2.24) is 0 Å². The standard InChI is InChI=1S/C18H13ClN2O4/c1-10-13(8-11-4-2-3-5-16(11)22)17(23)21(20-10)12-6-7-15(19)14(9-12)18(24)25/h2-9,22H,1H3,(H,24,25). The van der Waals surface area contributed by atoms with Crippen molar-refractivity contribution >= 4 is 41.0 Å². The van der Waals surface area contributed by atoms with Crippen molar-refractivity contribution in [2.24, 2.45) is 5.10 Å². The molecule has 7 heteroatoms. The summed E-state index contributed by atoms with van der Waals surface area (Å²) in [7, 11) is 0. The minimum Gasteiger partial charge on any atom is -0.507 e. The van der Waals surface area contributed by atoms with Gasteiger partial charge in [0.25, 0.3) is 5.91 Å². The second-order valence-corrected chi connectivity index (χ2v) is 5.80. The molecule has 0 radical (unpaired) electrons. The molecular formula is C18H13ClN2O4. The molecule has 1 aliphatic heterocycles. The molecule has 0 aromatic heterocycles. The molecule has 0 bridgehead atoms. The van der Waals surface area contributed by atoms with Crippen LogP contribution in [0.25, 0.3) is 6.08 Å². The Labute approximate surface area is 148 Å². The lowest BCUT2D eigenvalue weighted by Gasteiger charge is -2.13. The Bertz CT molecular complexity index is 950. The highest BCUT2D eigenvalue weighted by atomic mass is 35.5. The number of amides is 1. The summed E-state index contributed by atoms with van der Waals surface area (Å²) >= 11 is 5.86. The number of carboxylic acid groups (broad SMARTS) is 1. The first-order chi connectivity index (χ1) is 11.9. The Hall–Kier alpha value is -3.12. The van der Waals surface area contributed by atoms with E-state index in [9.17, 15) is 14.7 Å². The molecule has 2 N–H and O–H groups in total. The van der Waals surface area contributed by atoms with Gasteiger partial charge in [0, 0.05) is 5.56 Å². The van der Waals surface area contributed by atoms with E-state index in [-0.39, 0.29) is 16.3 Å². The third kappa shape index (κ3) is 3.12. The summed E-state index contributed by atoms with van der Waals surface area (Å²) in [6, 6.07) is 10.8. The fourth-order valence-electron chi connectivity index (χ4n) is 2.43. The van der Waals surface area contributed by atoms with E-state index in [1.807, 2.05) is 0 Å². The molecular weight excluding hydrogens is 344 g/mol. The lowest BCUT2D eigenvalue weighted by molar-refractivity contribution is -0.114. The summed E-state index contributed by atoms with van der Waals surface area (Å²) in [6.45, 7) is 1.66. The highest BCUT2D eigenvalue weighted by Crippen LogP contribution is 2.29. The van der Waals surface area contributed by atoms with Crippen molar-refractivity contribution in [1.29, 1.82) is 0 Å². The Balaban J connectivity index is 2.00. The number of hydrazone groups is 1. The van der Waals surface area contributed by atoms with Gasteiger partial charge in [-0.05, 0) is 37.3 Å². The van der Waals surface area contributed by atoms with Gasteiger partial charge in [-0.15, -0.1) is 0 Å². The Morgan fingerprint density at radius 2 is 1.96 bits per heavy atom. The molecule has 0 atom stereocenters. The number of carboxylic acids is 1. The maximum atomic E-state index is 12.7. The van der Waals surface area contributed by atoms with Gasteiger partial charge in [-0.25, -0.2) is 4.79 Å². The first-order valence-electron chi connectivity index (χ1n) is 7.31. The van der Waals surface area contributed by atoms with Crippen LogP contribution >= 0.6 is 11.6 Å². The second kappa shape index (κ2) is 6.41. The number of carbonyl (C=O) groups excluding carboxylic acids is 1. The van der Waals surface area contributed by atoms with Crippen LogP contribution in [0.5, 0.6) is 5.75 Å². The maximum absolute atomic E-state index is 12.7. The number of para-hydroxylation sites is 1. The van der Waals surface area contributed by atoms with Crippen LogP contribution in [-0.2, 0) is 4.79 Å². The molecule has 1 amide bonds. The predicted octanol–water partition coefficient (Wildman–Crippen LogP) is 3.55. The van der Waals surface area contributed by atoms with Crippen molar-refractivity contribution < 1.29 is 19.8 Å². The molecule has 3 rings (SSSR count). The van der Waals surface area contributed by atoms with Gasteiger partial charge in [0.15, 0.2) is 0 Å².